The Morgan fingerprint density at radius 3 is 2.86 bits per heavy atom. The third kappa shape index (κ3) is 4.04. The molecule has 0 atom stereocenters. The largest absolute Gasteiger partial charge is 0.379 e. The number of carbonyl (C=O) groups is 1. The molecular formula is C15H18BrN3OS. The molecule has 112 valence electrons. The molecule has 0 saturated heterocycles. The number of aromatic nitrogens is 1. The highest BCUT2D eigenvalue weighted by Crippen LogP contribution is 2.23. The van der Waals surface area contributed by atoms with Crippen molar-refractivity contribution in [1.82, 2.24) is 4.98 Å². The summed E-state index contributed by atoms with van der Waals surface area (Å²) in [7, 11) is 0. The smallest absolute Gasteiger partial charge is 0.225 e. The highest BCUT2D eigenvalue weighted by atomic mass is 79.9. The minimum absolute atomic E-state index is 0.0221. The molecule has 1 aromatic carbocycles. The van der Waals surface area contributed by atoms with Crippen molar-refractivity contribution < 1.29 is 4.79 Å². The fourth-order valence-corrected chi connectivity index (χ4v) is 3.20. The number of rotatable bonds is 5. The van der Waals surface area contributed by atoms with Gasteiger partial charge in [0, 0.05) is 29.0 Å². The molecule has 6 heteroatoms. The van der Waals surface area contributed by atoms with Gasteiger partial charge in [0.05, 0.1) is 12.2 Å². The van der Waals surface area contributed by atoms with Gasteiger partial charge in [-0.2, -0.15) is 0 Å². The third-order valence-corrected chi connectivity index (χ3v) is 4.88. The predicted octanol–water partition coefficient (Wildman–Crippen LogP) is 4.20. The van der Waals surface area contributed by atoms with Crippen LogP contribution in [0, 0.1) is 6.92 Å². The standard InChI is InChI=1S/C15H18BrN3OS/c1-4-19(11(3)20)15-18-13(9-21-15)8-17-12-6-5-10(2)14(16)7-12/h5-7,9,17H,4,8H2,1-3H3. The first-order valence-electron chi connectivity index (χ1n) is 6.73. The van der Waals surface area contributed by atoms with E-state index in [2.05, 4.69) is 45.3 Å². The number of aryl methyl sites for hydroxylation is 1. The fourth-order valence-electron chi connectivity index (χ4n) is 1.89. The van der Waals surface area contributed by atoms with Gasteiger partial charge in [0.1, 0.15) is 0 Å². The van der Waals surface area contributed by atoms with Crippen LogP contribution in [0.1, 0.15) is 25.1 Å². The van der Waals surface area contributed by atoms with Crippen LogP contribution < -0.4 is 10.2 Å². The van der Waals surface area contributed by atoms with Gasteiger partial charge in [-0.25, -0.2) is 4.98 Å². The van der Waals surface area contributed by atoms with E-state index >= 15 is 0 Å². The van der Waals surface area contributed by atoms with Crippen LogP contribution in [0.3, 0.4) is 0 Å². The van der Waals surface area contributed by atoms with E-state index in [4.69, 9.17) is 0 Å². The average molecular weight is 368 g/mol. The average Bonchev–Trinajstić information content (AvgIpc) is 2.89. The van der Waals surface area contributed by atoms with Crippen LogP contribution in [0.15, 0.2) is 28.1 Å². The lowest BCUT2D eigenvalue weighted by Crippen LogP contribution is -2.27. The van der Waals surface area contributed by atoms with Crippen molar-refractivity contribution in [3.05, 3.63) is 39.3 Å². The van der Waals surface area contributed by atoms with E-state index in [0.29, 0.717) is 13.1 Å². The first-order chi connectivity index (χ1) is 10.0. The number of carbonyl (C=O) groups excluding carboxylic acids is 1. The number of nitrogens with zero attached hydrogens (tertiary/aromatic N) is 2. The molecule has 21 heavy (non-hydrogen) atoms. The Bertz CT molecular complexity index is 642. The van der Waals surface area contributed by atoms with Gasteiger partial charge in [-0.15, -0.1) is 11.3 Å². The minimum atomic E-state index is 0.0221. The van der Waals surface area contributed by atoms with E-state index in [1.54, 1.807) is 11.8 Å². The molecule has 4 nitrogen and oxygen atoms in total. The van der Waals surface area contributed by atoms with Gasteiger partial charge in [-0.1, -0.05) is 22.0 Å². The van der Waals surface area contributed by atoms with Crippen LogP contribution in [0.5, 0.6) is 0 Å². The van der Waals surface area contributed by atoms with Gasteiger partial charge in [0.2, 0.25) is 5.91 Å². The molecule has 0 aliphatic heterocycles. The summed E-state index contributed by atoms with van der Waals surface area (Å²) in [6.45, 7) is 6.85. The van der Waals surface area contributed by atoms with Crippen LogP contribution in [0.25, 0.3) is 0 Å². The Labute approximate surface area is 137 Å². The third-order valence-electron chi connectivity index (χ3n) is 3.11. The Morgan fingerprint density at radius 2 is 2.24 bits per heavy atom. The van der Waals surface area contributed by atoms with Crippen LogP contribution in [-0.2, 0) is 11.3 Å². The van der Waals surface area contributed by atoms with E-state index < -0.39 is 0 Å². The van der Waals surface area contributed by atoms with Crippen molar-refractivity contribution in [2.24, 2.45) is 0 Å². The number of hydrogen-bond donors (Lipinski definition) is 1. The first-order valence-corrected chi connectivity index (χ1v) is 8.41. The summed E-state index contributed by atoms with van der Waals surface area (Å²) < 4.78 is 1.08. The van der Waals surface area contributed by atoms with E-state index in [-0.39, 0.29) is 5.91 Å². The van der Waals surface area contributed by atoms with Gasteiger partial charge >= 0.3 is 0 Å². The maximum absolute atomic E-state index is 11.5. The molecule has 1 heterocycles. The molecule has 1 aromatic heterocycles. The summed E-state index contributed by atoms with van der Waals surface area (Å²) in [4.78, 5) is 17.7. The van der Waals surface area contributed by atoms with Crippen molar-refractivity contribution in [2.45, 2.75) is 27.3 Å². The van der Waals surface area contributed by atoms with Gasteiger partial charge < -0.3 is 5.32 Å². The molecule has 1 amide bonds. The molecule has 0 bridgehead atoms. The van der Waals surface area contributed by atoms with Crippen molar-refractivity contribution in [3.8, 4) is 0 Å². The second kappa shape index (κ2) is 7.04. The van der Waals surface area contributed by atoms with Crippen LogP contribution >= 0.6 is 27.3 Å². The maximum Gasteiger partial charge on any atom is 0.225 e. The first kappa shape index (κ1) is 16.0. The summed E-state index contributed by atoms with van der Waals surface area (Å²) in [6.07, 6.45) is 0. The Balaban J connectivity index is 2.02. The number of thiazole rings is 1. The van der Waals surface area contributed by atoms with Crippen molar-refractivity contribution in [2.75, 3.05) is 16.8 Å². The lowest BCUT2D eigenvalue weighted by Gasteiger charge is -2.14. The highest BCUT2D eigenvalue weighted by molar-refractivity contribution is 9.10. The molecule has 0 saturated carbocycles. The van der Waals surface area contributed by atoms with Gasteiger partial charge in [-0.05, 0) is 31.5 Å². The molecule has 1 N–H and O–H groups in total. The Morgan fingerprint density at radius 1 is 1.48 bits per heavy atom. The number of anilines is 2. The SMILES string of the molecule is CCN(C(C)=O)c1nc(CNc2ccc(C)c(Br)c2)cs1. The minimum Gasteiger partial charge on any atom is -0.379 e. The predicted molar refractivity (Wildman–Crippen MR) is 92.0 cm³/mol. The summed E-state index contributed by atoms with van der Waals surface area (Å²) >= 11 is 5.02. The summed E-state index contributed by atoms with van der Waals surface area (Å²) in [6, 6.07) is 6.16. The van der Waals surface area contributed by atoms with E-state index in [9.17, 15) is 4.79 Å². The second-order valence-corrected chi connectivity index (χ2v) is 6.39. The zero-order valence-electron chi connectivity index (χ0n) is 12.3. The molecule has 2 rings (SSSR count). The van der Waals surface area contributed by atoms with Crippen LogP contribution in [0.4, 0.5) is 10.8 Å². The second-order valence-electron chi connectivity index (χ2n) is 4.70. The molecule has 2 aromatic rings. The molecule has 0 fully saturated rings. The summed E-state index contributed by atoms with van der Waals surface area (Å²) in [5.41, 5.74) is 3.18. The highest BCUT2D eigenvalue weighted by Gasteiger charge is 2.13. The lowest BCUT2D eigenvalue weighted by atomic mass is 10.2. The maximum atomic E-state index is 11.5. The summed E-state index contributed by atoms with van der Waals surface area (Å²) in [5.74, 6) is 0.0221. The fraction of sp³-hybridized carbons (Fsp3) is 0.333. The van der Waals surface area contributed by atoms with Gasteiger partial charge in [0.25, 0.3) is 0 Å². The van der Waals surface area contributed by atoms with E-state index in [0.717, 1.165) is 21.0 Å². The van der Waals surface area contributed by atoms with E-state index in [1.807, 2.05) is 18.4 Å². The Kier molecular flexibility index (Phi) is 5.36. The van der Waals surface area contributed by atoms with Crippen molar-refractivity contribution in [3.63, 3.8) is 0 Å². The molecule has 0 aliphatic rings. The zero-order valence-corrected chi connectivity index (χ0v) is 14.7. The van der Waals surface area contributed by atoms with Crippen LogP contribution in [0.2, 0.25) is 0 Å². The zero-order chi connectivity index (χ0) is 15.4. The molecule has 0 radical (unpaired) electrons. The molecular weight excluding hydrogens is 350 g/mol. The molecule has 0 aliphatic carbocycles. The van der Waals surface area contributed by atoms with Crippen molar-refractivity contribution in [1.29, 1.82) is 0 Å². The van der Waals surface area contributed by atoms with E-state index in [1.165, 1.54) is 16.9 Å². The number of amides is 1. The Hall–Kier alpha value is -1.40. The normalized spacial score (nSPS) is 10.5. The number of nitrogens with one attached hydrogen (secondary N) is 1. The van der Waals surface area contributed by atoms with Crippen LogP contribution in [-0.4, -0.2) is 17.4 Å². The lowest BCUT2D eigenvalue weighted by molar-refractivity contribution is -0.116. The number of benzene rings is 1. The summed E-state index contributed by atoms with van der Waals surface area (Å²) in [5, 5.41) is 6.08. The van der Waals surface area contributed by atoms with Crippen molar-refractivity contribution >= 4 is 44.0 Å². The van der Waals surface area contributed by atoms with Gasteiger partial charge in [-0.3, -0.25) is 9.69 Å². The molecule has 0 unspecified atom stereocenters. The topological polar surface area (TPSA) is 45.2 Å². The van der Waals surface area contributed by atoms with Gasteiger partial charge in [0.15, 0.2) is 5.13 Å². The monoisotopic (exact) mass is 367 g/mol. The number of hydrogen-bond acceptors (Lipinski definition) is 4. The number of halogens is 1. The quantitative estimate of drug-likeness (QED) is 0.860. The molecule has 0 spiro atoms.